The molecule has 3 N–H and O–H groups in total. The molecular weight excluding hydrogens is 484 g/mol. The first kappa shape index (κ1) is 25.4. The maximum atomic E-state index is 11.9. The summed E-state index contributed by atoms with van der Waals surface area (Å²) in [5.41, 5.74) is 3.84. The number of amides is 1. The second-order valence-electron chi connectivity index (χ2n) is 9.00. The van der Waals surface area contributed by atoms with E-state index in [1.54, 1.807) is 13.1 Å². The van der Waals surface area contributed by atoms with Gasteiger partial charge in [-0.1, -0.05) is 18.1 Å². The number of rotatable bonds is 10. The van der Waals surface area contributed by atoms with Gasteiger partial charge in [-0.15, -0.1) is 5.10 Å². The molecule has 4 heterocycles. The van der Waals surface area contributed by atoms with Gasteiger partial charge in [0.15, 0.2) is 11.6 Å². The zero-order valence-corrected chi connectivity index (χ0v) is 21.3. The highest BCUT2D eigenvalue weighted by Crippen LogP contribution is 2.29. The van der Waals surface area contributed by atoms with Gasteiger partial charge in [0.2, 0.25) is 11.7 Å². The van der Waals surface area contributed by atoms with E-state index in [1.165, 1.54) is 0 Å². The highest BCUT2D eigenvalue weighted by Gasteiger charge is 2.20. The summed E-state index contributed by atoms with van der Waals surface area (Å²) in [5, 5.41) is 19.2. The summed E-state index contributed by atoms with van der Waals surface area (Å²) in [6.07, 6.45) is 4.09. The lowest BCUT2D eigenvalue weighted by molar-refractivity contribution is -0.123. The number of H-pyrrole nitrogens is 1. The Hall–Kier alpha value is -4.27. The third kappa shape index (κ3) is 5.82. The standard InChI is InChI=1S/C27H30N8O3/c1-2-4-20(36)7-8-25(37)29-10-9-28-16-19-15-24-27(34-11-13-38-14-12-34)31-26(33-35(24)18-19)21-5-3-6-23-22(21)17-30-32-23/h3,5-6,15,17-18,28H,7-14,16H2,1H3,(H,29,37)(H,30,32). The van der Waals surface area contributed by atoms with E-state index in [0.717, 1.165) is 46.5 Å². The molecule has 5 rings (SSSR count). The Morgan fingerprint density at radius 3 is 2.89 bits per heavy atom. The first-order valence-electron chi connectivity index (χ1n) is 12.7. The summed E-state index contributed by atoms with van der Waals surface area (Å²) >= 11 is 0. The number of morpholine rings is 1. The number of fused-ring (bicyclic) bond motifs is 2. The normalized spacial score (nSPS) is 13.4. The molecule has 3 aromatic heterocycles. The van der Waals surface area contributed by atoms with E-state index in [-0.39, 0.29) is 24.5 Å². The first-order chi connectivity index (χ1) is 18.6. The summed E-state index contributed by atoms with van der Waals surface area (Å²) in [7, 11) is 0. The Morgan fingerprint density at radius 2 is 2.05 bits per heavy atom. The molecule has 0 bridgehead atoms. The van der Waals surface area contributed by atoms with Gasteiger partial charge in [0.05, 0.1) is 24.9 Å². The number of ketones is 1. The topological polar surface area (TPSA) is 130 Å². The van der Waals surface area contributed by atoms with Gasteiger partial charge >= 0.3 is 0 Å². The molecule has 0 spiro atoms. The fraction of sp³-hybridized carbons (Fsp3) is 0.370. The van der Waals surface area contributed by atoms with Crippen LogP contribution in [0.15, 0.2) is 36.7 Å². The van der Waals surface area contributed by atoms with Crippen molar-refractivity contribution in [1.29, 1.82) is 0 Å². The lowest BCUT2D eigenvalue weighted by Gasteiger charge is -2.28. The van der Waals surface area contributed by atoms with Crippen molar-refractivity contribution in [3.8, 4) is 23.2 Å². The van der Waals surface area contributed by atoms with E-state index in [1.807, 2.05) is 28.9 Å². The summed E-state index contributed by atoms with van der Waals surface area (Å²) in [6.45, 7) is 6.11. The number of nitrogens with one attached hydrogen (secondary N) is 3. The molecule has 196 valence electrons. The van der Waals surface area contributed by atoms with Crippen molar-refractivity contribution >= 4 is 33.9 Å². The van der Waals surface area contributed by atoms with E-state index in [0.29, 0.717) is 38.7 Å². The minimum Gasteiger partial charge on any atom is -0.378 e. The molecule has 1 aromatic carbocycles. The number of hydrogen-bond donors (Lipinski definition) is 3. The van der Waals surface area contributed by atoms with Crippen LogP contribution in [0.3, 0.4) is 0 Å². The number of aromatic nitrogens is 5. The Balaban J connectivity index is 1.28. The van der Waals surface area contributed by atoms with Crippen LogP contribution < -0.4 is 15.5 Å². The zero-order chi connectivity index (χ0) is 26.3. The summed E-state index contributed by atoms with van der Waals surface area (Å²) in [6, 6.07) is 8.06. The van der Waals surface area contributed by atoms with E-state index in [9.17, 15) is 9.59 Å². The van der Waals surface area contributed by atoms with Crippen LogP contribution >= 0.6 is 0 Å². The summed E-state index contributed by atoms with van der Waals surface area (Å²) in [4.78, 5) is 30.6. The Kier molecular flexibility index (Phi) is 7.92. The van der Waals surface area contributed by atoms with Crippen molar-refractivity contribution in [1.82, 2.24) is 35.4 Å². The van der Waals surface area contributed by atoms with Crippen LogP contribution in [0.2, 0.25) is 0 Å². The third-order valence-electron chi connectivity index (χ3n) is 6.33. The van der Waals surface area contributed by atoms with Crippen LogP contribution in [0.25, 0.3) is 27.8 Å². The van der Waals surface area contributed by atoms with E-state index in [4.69, 9.17) is 14.8 Å². The van der Waals surface area contributed by atoms with Crippen LogP contribution in [0.1, 0.15) is 25.3 Å². The number of carbonyl (C=O) groups excluding carboxylic acids is 2. The minimum absolute atomic E-state index is 0.140. The Bertz CT molecular complexity index is 1510. The molecule has 4 aromatic rings. The fourth-order valence-corrected chi connectivity index (χ4v) is 4.46. The lowest BCUT2D eigenvalue weighted by atomic mass is 10.1. The molecule has 0 saturated carbocycles. The minimum atomic E-state index is -0.217. The van der Waals surface area contributed by atoms with Gasteiger partial charge in [-0.05, 0) is 30.5 Å². The molecule has 11 nitrogen and oxygen atoms in total. The molecule has 1 fully saturated rings. The van der Waals surface area contributed by atoms with Gasteiger partial charge in [-0.2, -0.15) is 5.10 Å². The maximum Gasteiger partial charge on any atom is 0.220 e. The van der Waals surface area contributed by atoms with Crippen LogP contribution in [-0.2, 0) is 20.9 Å². The molecule has 1 saturated heterocycles. The van der Waals surface area contributed by atoms with Gasteiger partial charge in [0.25, 0.3) is 0 Å². The largest absolute Gasteiger partial charge is 0.378 e. The molecule has 0 unspecified atom stereocenters. The molecule has 0 aliphatic carbocycles. The van der Waals surface area contributed by atoms with Crippen LogP contribution in [-0.4, -0.2) is 75.9 Å². The average Bonchev–Trinajstić information content (AvgIpc) is 3.58. The Morgan fingerprint density at radius 1 is 1.18 bits per heavy atom. The number of carbonyl (C=O) groups is 2. The smallest absolute Gasteiger partial charge is 0.220 e. The second kappa shape index (κ2) is 11.9. The molecule has 1 amide bonds. The maximum absolute atomic E-state index is 11.9. The number of nitrogens with zero attached hydrogens (tertiary/aromatic N) is 5. The van der Waals surface area contributed by atoms with Crippen molar-refractivity contribution in [2.75, 3.05) is 44.3 Å². The highest BCUT2D eigenvalue weighted by atomic mass is 16.5. The first-order valence-corrected chi connectivity index (χ1v) is 12.7. The SMILES string of the molecule is CC#CC(=O)CCC(=O)NCCNCc1cc2c(N3CCOCC3)nc(-c3cccc4[nH]ncc34)nn2c1. The molecule has 1 aliphatic heterocycles. The van der Waals surface area contributed by atoms with Crippen LogP contribution in [0.4, 0.5) is 5.82 Å². The van der Waals surface area contributed by atoms with Gasteiger partial charge in [0.1, 0.15) is 5.52 Å². The Labute approximate surface area is 219 Å². The van der Waals surface area contributed by atoms with Gasteiger partial charge < -0.3 is 20.3 Å². The van der Waals surface area contributed by atoms with Crippen molar-refractivity contribution in [3.05, 3.63) is 42.2 Å². The van der Waals surface area contributed by atoms with Gasteiger partial charge in [0, 0.05) is 62.7 Å². The molecule has 0 atom stereocenters. The third-order valence-corrected chi connectivity index (χ3v) is 6.33. The van der Waals surface area contributed by atoms with Gasteiger partial charge in [-0.3, -0.25) is 14.7 Å². The number of anilines is 1. The molecule has 11 heteroatoms. The predicted molar refractivity (Wildman–Crippen MR) is 144 cm³/mol. The van der Waals surface area contributed by atoms with Crippen LogP contribution in [0, 0.1) is 11.8 Å². The van der Waals surface area contributed by atoms with E-state index >= 15 is 0 Å². The van der Waals surface area contributed by atoms with Crippen molar-refractivity contribution in [2.45, 2.75) is 26.3 Å². The predicted octanol–water partition coefficient (Wildman–Crippen LogP) is 1.69. The number of hydrogen-bond acceptors (Lipinski definition) is 8. The van der Waals surface area contributed by atoms with E-state index in [2.05, 4.69) is 43.6 Å². The lowest BCUT2D eigenvalue weighted by Crippen LogP contribution is -2.37. The average molecular weight is 515 g/mol. The highest BCUT2D eigenvalue weighted by molar-refractivity contribution is 5.97. The van der Waals surface area contributed by atoms with Crippen molar-refractivity contribution in [2.24, 2.45) is 0 Å². The van der Waals surface area contributed by atoms with Crippen LogP contribution in [0.5, 0.6) is 0 Å². The zero-order valence-electron chi connectivity index (χ0n) is 21.3. The monoisotopic (exact) mass is 514 g/mol. The van der Waals surface area contributed by atoms with Crippen molar-refractivity contribution in [3.63, 3.8) is 0 Å². The second-order valence-corrected chi connectivity index (χ2v) is 9.00. The number of benzene rings is 1. The molecule has 0 radical (unpaired) electrons. The quantitative estimate of drug-likeness (QED) is 0.166. The summed E-state index contributed by atoms with van der Waals surface area (Å²) < 4.78 is 7.45. The number of aromatic amines is 1. The number of ether oxygens (including phenoxy) is 1. The van der Waals surface area contributed by atoms with E-state index < -0.39 is 0 Å². The molecular formula is C27H30N8O3. The molecule has 1 aliphatic rings. The van der Waals surface area contributed by atoms with Gasteiger partial charge in [-0.25, -0.2) is 9.50 Å². The fourth-order valence-electron chi connectivity index (χ4n) is 4.46. The summed E-state index contributed by atoms with van der Waals surface area (Å²) in [5.74, 6) is 6.13. The van der Waals surface area contributed by atoms with Crippen molar-refractivity contribution < 1.29 is 14.3 Å². The molecule has 38 heavy (non-hydrogen) atoms. The number of Topliss-reactive ketones (excluding diaryl/α,β-unsaturated/α-hetero) is 1.